The van der Waals surface area contributed by atoms with E-state index in [9.17, 15) is 4.79 Å². The van der Waals surface area contributed by atoms with Gasteiger partial charge in [0.05, 0.1) is 4.88 Å². The summed E-state index contributed by atoms with van der Waals surface area (Å²) >= 11 is 7.38. The molecular weight excluding hydrogens is 358 g/mol. The van der Waals surface area contributed by atoms with Crippen LogP contribution in [0.1, 0.15) is 40.9 Å². The molecule has 5 nitrogen and oxygen atoms in total. The van der Waals surface area contributed by atoms with Gasteiger partial charge in [0.2, 0.25) is 11.7 Å². The number of rotatable bonds is 3. The van der Waals surface area contributed by atoms with E-state index in [0.29, 0.717) is 23.3 Å². The second kappa shape index (κ2) is 6.98. The van der Waals surface area contributed by atoms with Crippen molar-refractivity contribution in [1.82, 2.24) is 15.0 Å². The molecule has 0 saturated carbocycles. The van der Waals surface area contributed by atoms with Gasteiger partial charge in [0, 0.05) is 17.1 Å². The summed E-state index contributed by atoms with van der Waals surface area (Å²) in [6.07, 6.45) is 2.86. The molecule has 1 aromatic carbocycles. The van der Waals surface area contributed by atoms with E-state index in [1.807, 2.05) is 34.5 Å². The number of piperidine rings is 1. The molecule has 0 aliphatic carbocycles. The average molecular weight is 374 g/mol. The maximum Gasteiger partial charge on any atom is 0.264 e. The van der Waals surface area contributed by atoms with Crippen LogP contribution in [-0.2, 0) is 0 Å². The number of aromatic nitrogens is 2. The van der Waals surface area contributed by atoms with Crippen LogP contribution in [0.25, 0.3) is 11.4 Å². The zero-order valence-corrected chi connectivity index (χ0v) is 15.0. The molecule has 25 heavy (non-hydrogen) atoms. The Kier molecular flexibility index (Phi) is 4.55. The van der Waals surface area contributed by atoms with Gasteiger partial charge in [0.15, 0.2) is 0 Å². The molecule has 1 aliphatic heterocycles. The number of amides is 1. The first-order valence-corrected chi connectivity index (χ1v) is 9.42. The molecule has 0 spiro atoms. The molecule has 1 aliphatic rings. The lowest BCUT2D eigenvalue weighted by atomic mass is 10.0. The lowest BCUT2D eigenvalue weighted by Gasteiger charge is -2.33. The van der Waals surface area contributed by atoms with Crippen LogP contribution in [0, 0.1) is 0 Å². The van der Waals surface area contributed by atoms with Crippen LogP contribution in [0.4, 0.5) is 0 Å². The van der Waals surface area contributed by atoms with Gasteiger partial charge in [-0.25, -0.2) is 0 Å². The van der Waals surface area contributed by atoms with Gasteiger partial charge in [0.1, 0.15) is 6.04 Å². The summed E-state index contributed by atoms with van der Waals surface area (Å²) in [6.45, 7) is 0.708. The zero-order chi connectivity index (χ0) is 17.2. The van der Waals surface area contributed by atoms with Crippen LogP contribution in [-0.4, -0.2) is 27.5 Å². The Morgan fingerprint density at radius 3 is 2.84 bits per heavy atom. The SMILES string of the molecule is O=C(c1cccs1)N1CCCCC1c1nc(-c2ccc(Cl)cc2)no1. The Balaban J connectivity index is 1.61. The topological polar surface area (TPSA) is 59.2 Å². The molecule has 1 fully saturated rings. The van der Waals surface area contributed by atoms with Crippen LogP contribution in [0.3, 0.4) is 0 Å². The molecule has 1 unspecified atom stereocenters. The molecule has 0 N–H and O–H groups in total. The normalized spacial score (nSPS) is 17.6. The van der Waals surface area contributed by atoms with Crippen molar-refractivity contribution >= 4 is 28.8 Å². The molecule has 3 aromatic rings. The lowest BCUT2D eigenvalue weighted by Crippen LogP contribution is -2.38. The maximum atomic E-state index is 12.8. The summed E-state index contributed by atoms with van der Waals surface area (Å²) in [5.41, 5.74) is 0.839. The van der Waals surface area contributed by atoms with Crippen molar-refractivity contribution in [2.24, 2.45) is 0 Å². The first-order valence-electron chi connectivity index (χ1n) is 8.16. The fraction of sp³-hybridized carbons (Fsp3) is 0.278. The third-order valence-corrected chi connectivity index (χ3v) is 5.43. The molecule has 3 heterocycles. The molecule has 0 bridgehead atoms. The van der Waals surface area contributed by atoms with E-state index in [2.05, 4.69) is 10.1 Å². The summed E-state index contributed by atoms with van der Waals surface area (Å²) in [5.74, 6) is 1.04. The van der Waals surface area contributed by atoms with Gasteiger partial charge in [-0.1, -0.05) is 22.8 Å². The molecular formula is C18H16ClN3O2S. The van der Waals surface area contributed by atoms with Crippen LogP contribution < -0.4 is 0 Å². The van der Waals surface area contributed by atoms with E-state index in [4.69, 9.17) is 16.1 Å². The Labute approximate surface area is 154 Å². The number of likely N-dealkylation sites (tertiary alicyclic amines) is 1. The third kappa shape index (κ3) is 3.32. The fourth-order valence-electron chi connectivity index (χ4n) is 3.06. The number of benzene rings is 1. The van der Waals surface area contributed by atoms with E-state index in [0.717, 1.165) is 29.7 Å². The van der Waals surface area contributed by atoms with Crippen molar-refractivity contribution in [1.29, 1.82) is 0 Å². The molecule has 1 amide bonds. The molecule has 0 radical (unpaired) electrons. The minimum absolute atomic E-state index is 0.0333. The molecule has 128 valence electrons. The number of hydrogen-bond acceptors (Lipinski definition) is 5. The average Bonchev–Trinajstić information content (AvgIpc) is 3.34. The highest BCUT2D eigenvalue weighted by atomic mass is 35.5. The van der Waals surface area contributed by atoms with E-state index >= 15 is 0 Å². The van der Waals surface area contributed by atoms with Crippen molar-refractivity contribution in [3.05, 3.63) is 57.6 Å². The molecule has 4 rings (SSSR count). The first kappa shape index (κ1) is 16.3. The summed E-state index contributed by atoms with van der Waals surface area (Å²) in [5, 5.41) is 6.66. The van der Waals surface area contributed by atoms with Crippen LogP contribution in [0.15, 0.2) is 46.3 Å². The minimum atomic E-state index is -0.170. The zero-order valence-electron chi connectivity index (χ0n) is 13.4. The Morgan fingerprint density at radius 2 is 2.08 bits per heavy atom. The Hall–Kier alpha value is -2.18. The second-order valence-electron chi connectivity index (χ2n) is 5.95. The number of carbonyl (C=O) groups is 1. The quantitative estimate of drug-likeness (QED) is 0.660. The van der Waals surface area contributed by atoms with Gasteiger partial charge in [-0.2, -0.15) is 4.98 Å². The van der Waals surface area contributed by atoms with Gasteiger partial charge >= 0.3 is 0 Å². The lowest BCUT2D eigenvalue weighted by molar-refractivity contribution is 0.0566. The van der Waals surface area contributed by atoms with Crippen molar-refractivity contribution in [2.45, 2.75) is 25.3 Å². The highest BCUT2D eigenvalue weighted by molar-refractivity contribution is 7.12. The van der Waals surface area contributed by atoms with Crippen molar-refractivity contribution in [2.75, 3.05) is 6.54 Å². The summed E-state index contributed by atoms with van der Waals surface area (Å²) in [6, 6.07) is 10.9. The van der Waals surface area contributed by atoms with E-state index in [1.165, 1.54) is 11.3 Å². The number of thiophene rings is 1. The number of nitrogens with zero attached hydrogens (tertiary/aromatic N) is 3. The second-order valence-corrected chi connectivity index (χ2v) is 7.33. The number of hydrogen-bond donors (Lipinski definition) is 0. The van der Waals surface area contributed by atoms with Gasteiger partial charge in [-0.3, -0.25) is 4.79 Å². The van der Waals surface area contributed by atoms with Crippen molar-refractivity contribution in [3.63, 3.8) is 0 Å². The van der Waals surface area contributed by atoms with Gasteiger partial charge in [0.25, 0.3) is 5.91 Å². The summed E-state index contributed by atoms with van der Waals surface area (Å²) < 4.78 is 5.50. The van der Waals surface area contributed by atoms with Gasteiger partial charge < -0.3 is 9.42 Å². The predicted octanol–water partition coefficient (Wildman–Crippen LogP) is 4.82. The predicted molar refractivity (Wildman–Crippen MR) is 96.7 cm³/mol. The van der Waals surface area contributed by atoms with E-state index < -0.39 is 0 Å². The highest BCUT2D eigenvalue weighted by Crippen LogP contribution is 2.33. The molecule has 1 atom stereocenters. The largest absolute Gasteiger partial charge is 0.337 e. The standard InChI is InChI=1S/C18H16ClN3O2S/c19-13-8-6-12(7-9-13)16-20-17(24-21-16)14-4-1-2-10-22(14)18(23)15-5-3-11-25-15/h3,5-9,11,14H,1-2,4,10H2. The summed E-state index contributed by atoms with van der Waals surface area (Å²) in [4.78, 5) is 19.9. The number of carbonyl (C=O) groups excluding carboxylic acids is 1. The molecule has 7 heteroatoms. The minimum Gasteiger partial charge on any atom is -0.337 e. The van der Waals surface area contributed by atoms with Crippen LogP contribution in [0.5, 0.6) is 0 Å². The van der Waals surface area contributed by atoms with Crippen LogP contribution >= 0.6 is 22.9 Å². The fourth-order valence-corrected chi connectivity index (χ4v) is 3.86. The Bertz CT molecular complexity index is 861. The maximum absolute atomic E-state index is 12.8. The van der Waals surface area contributed by atoms with Crippen LogP contribution in [0.2, 0.25) is 5.02 Å². The first-order chi connectivity index (χ1) is 12.2. The van der Waals surface area contributed by atoms with Crippen molar-refractivity contribution < 1.29 is 9.32 Å². The molecule has 1 saturated heterocycles. The Morgan fingerprint density at radius 1 is 1.24 bits per heavy atom. The highest BCUT2D eigenvalue weighted by Gasteiger charge is 2.33. The smallest absolute Gasteiger partial charge is 0.264 e. The van der Waals surface area contributed by atoms with E-state index in [1.54, 1.807) is 12.1 Å². The van der Waals surface area contributed by atoms with Gasteiger partial charge in [-0.15, -0.1) is 11.3 Å². The van der Waals surface area contributed by atoms with Gasteiger partial charge in [-0.05, 0) is 55.0 Å². The van der Waals surface area contributed by atoms with Crippen molar-refractivity contribution in [3.8, 4) is 11.4 Å². The monoisotopic (exact) mass is 373 g/mol. The third-order valence-electron chi connectivity index (χ3n) is 4.32. The summed E-state index contributed by atoms with van der Waals surface area (Å²) in [7, 11) is 0. The number of halogens is 1. The van der Waals surface area contributed by atoms with E-state index in [-0.39, 0.29) is 11.9 Å². The molecule has 2 aromatic heterocycles.